The molecule has 2 aromatic heterocycles. The van der Waals surface area contributed by atoms with Crippen molar-refractivity contribution in [2.75, 3.05) is 5.73 Å². The fourth-order valence-corrected chi connectivity index (χ4v) is 2.28. The summed E-state index contributed by atoms with van der Waals surface area (Å²) in [4.78, 5) is 17.4. The maximum atomic E-state index is 5.71. The number of anilines is 1. The summed E-state index contributed by atoms with van der Waals surface area (Å²) in [5, 5.41) is 4.50. The van der Waals surface area contributed by atoms with E-state index in [0.29, 0.717) is 11.1 Å². The summed E-state index contributed by atoms with van der Waals surface area (Å²) in [5.41, 5.74) is 6.91. The summed E-state index contributed by atoms with van der Waals surface area (Å²) in [6, 6.07) is 8.08. The number of nitrogens with two attached hydrogens (primary N) is 1. The van der Waals surface area contributed by atoms with Crippen LogP contribution in [0.1, 0.15) is 5.56 Å². The van der Waals surface area contributed by atoms with Crippen molar-refractivity contribution in [3.63, 3.8) is 0 Å². The van der Waals surface area contributed by atoms with Crippen molar-refractivity contribution >= 4 is 17.7 Å². The molecule has 100 valence electrons. The number of benzene rings is 1. The molecular formula is C12H11N7S. The Labute approximate surface area is 119 Å². The number of nitrogen functional groups attached to an aromatic ring is 1. The summed E-state index contributed by atoms with van der Waals surface area (Å²) in [6.45, 7) is 2.04. The molecule has 0 atom stereocenters. The van der Waals surface area contributed by atoms with Crippen LogP contribution in [0.2, 0.25) is 0 Å². The van der Waals surface area contributed by atoms with Crippen molar-refractivity contribution in [2.24, 2.45) is 0 Å². The van der Waals surface area contributed by atoms with E-state index < -0.39 is 0 Å². The van der Waals surface area contributed by atoms with Gasteiger partial charge in [0.2, 0.25) is 5.95 Å². The smallest absolute Gasteiger partial charge is 0.257 e. The third-order valence-corrected chi connectivity index (χ3v) is 3.35. The number of aryl methyl sites for hydroxylation is 1. The Morgan fingerprint density at radius 3 is 2.60 bits per heavy atom. The van der Waals surface area contributed by atoms with Crippen molar-refractivity contribution in [1.29, 1.82) is 0 Å². The molecule has 2 N–H and O–H groups in total. The highest BCUT2D eigenvalue weighted by Gasteiger charge is 2.08. The topological polar surface area (TPSA) is 95.4 Å². The first kappa shape index (κ1) is 12.5. The average Bonchev–Trinajstić information content (AvgIpc) is 2.95. The van der Waals surface area contributed by atoms with Crippen molar-refractivity contribution in [1.82, 2.24) is 29.7 Å². The molecule has 2 heterocycles. The molecule has 3 rings (SSSR count). The predicted octanol–water partition coefficient (Wildman–Crippen LogP) is 1.49. The van der Waals surface area contributed by atoms with Gasteiger partial charge < -0.3 is 5.73 Å². The van der Waals surface area contributed by atoms with Gasteiger partial charge in [0.1, 0.15) is 12.7 Å². The van der Waals surface area contributed by atoms with E-state index in [1.54, 1.807) is 0 Å². The highest BCUT2D eigenvalue weighted by molar-refractivity contribution is 7.99. The summed E-state index contributed by atoms with van der Waals surface area (Å²) in [6.07, 6.45) is 2.92. The van der Waals surface area contributed by atoms with Gasteiger partial charge in [-0.25, -0.2) is 4.98 Å². The van der Waals surface area contributed by atoms with Gasteiger partial charge in [-0.3, -0.25) is 0 Å². The molecule has 7 nitrogen and oxygen atoms in total. The van der Waals surface area contributed by atoms with Crippen molar-refractivity contribution in [3.8, 4) is 5.95 Å². The van der Waals surface area contributed by atoms with Crippen LogP contribution in [-0.2, 0) is 0 Å². The first-order valence-electron chi connectivity index (χ1n) is 5.82. The molecular weight excluding hydrogens is 274 g/mol. The largest absolute Gasteiger partial charge is 0.368 e. The second-order valence-electron chi connectivity index (χ2n) is 4.03. The van der Waals surface area contributed by atoms with E-state index in [2.05, 4.69) is 25.0 Å². The van der Waals surface area contributed by atoms with Crippen LogP contribution in [0, 0.1) is 6.92 Å². The van der Waals surface area contributed by atoms with Crippen LogP contribution >= 0.6 is 11.8 Å². The standard InChI is InChI=1S/C12H11N7S/c1-8-2-4-9(5-3-8)20-12-17-10(13)16-11(18-12)19-7-14-6-15-19/h2-7H,1H3,(H2,13,16,17,18). The van der Waals surface area contributed by atoms with Crippen LogP contribution in [0.3, 0.4) is 0 Å². The van der Waals surface area contributed by atoms with E-state index in [1.807, 2.05) is 31.2 Å². The molecule has 0 spiro atoms. The van der Waals surface area contributed by atoms with Crippen LogP contribution in [0.25, 0.3) is 5.95 Å². The zero-order valence-electron chi connectivity index (χ0n) is 10.6. The minimum atomic E-state index is 0.153. The summed E-state index contributed by atoms with van der Waals surface area (Å²) < 4.78 is 1.44. The Kier molecular flexibility index (Phi) is 3.30. The lowest BCUT2D eigenvalue weighted by Crippen LogP contribution is -2.07. The van der Waals surface area contributed by atoms with Gasteiger partial charge in [0, 0.05) is 4.90 Å². The van der Waals surface area contributed by atoms with Gasteiger partial charge in [0.25, 0.3) is 5.95 Å². The number of hydrogen-bond acceptors (Lipinski definition) is 7. The highest BCUT2D eigenvalue weighted by Crippen LogP contribution is 2.25. The zero-order valence-corrected chi connectivity index (χ0v) is 11.4. The van der Waals surface area contributed by atoms with E-state index in [0.717, 1.165) is 4.90 Å². The van der Waals surface area contributed by atoms with Crippen molar-refractivity contribution in [3.05, 3.63) is 42.5 Å². The Hall–Kier alpha value is -2.48. The molecule has 0 bridgehead atoms. The molecule has 0 amide bonds. The van der Waals surface area contributed by atoms with E-state index in [9.17, 15) is 0 Å². The maximum absolute atomic E-state index is 5.71. The zero-order chi connectivity index (χ0) is 13.9. The molecule has 0 saturated carbocycles. The Morgan fingerprint density at radius 2 is 1.90 bits per heavy atom. The summed E-state index contributed by atoms with van der Waals surface area (Å²) in [5.74, 6) is 0.504. The SMILES string of the molecule is Cc1ccc(Sc2nc(N)nc(-n3cncn3)n2)cc1. The first-order chi connectivity index (χ1) is 9.70. The lowest BCUT2D eigenvalue weighted by atomic mass is 10.2. The first-order valence-corrected chi connectivity index (χ1v) is 6.63. The molecule has 0 aliphatic rings. The third-order valence-electron chi connectivity index (χ3n) is 2.47. The van der Waals surface area contributed by atoms with E-state index in [1.165, 1.54) is 34.7 Å². The van der Waals surface area contributed by atoms with Crippen LogP contribution in [0.4, 0.5) is 5.95 Å². The van der Waals surface area contributed by atoms with Gasteiger partial charge in [-0.15, -0.1) is 0 Å². The van der Waals surface area contributed by atoms with Crippen LogP contribution in [-0.4, -0.2) is 29.7 Å². The monoisotopic (exact) mass is 285 g/mol. The summed E-state index contributed by atoms with van der Waals surface area (Å²) >= 11 is 1.42. The lowest BCUT2D eigenvalue weighted by molar-refractivity contribution is 0.763. The van der Waals surface area contributed by atoms with Crippen molar-refractivity contribution in [2.45, 2.75) is 17.0 Å². The molecule has 0 aliphatic heterocycles. The van der Waals surface area contributed by atoms with Crippen molar-refractivity contribution < 1.29 is 0 Å². The second kappa shape index (κ2) is 5.25. The molecule has 0 unspecified atom stereocenters. The van der Waals surface area contributed by atoms with Gasteiger partial charge in [-0.05, 0) is 30.8 Å². The fraction of sp³-hybridized carbons (Fsp3) is 0.0833. The molecule has 0 aliphatic carbocycles. The van der Waals surface area contributed by atoms with Gasteiger partial charge in [0.05, 0.1) is 0 Å². The van der Waals surface area contributed by atoms with Gasteiger partial charge in [-0.1, -0.05) is 17.7 Å². The Balaban J connectivity index is 1.92. The average molecular weight is 285 g/mol. The fourth-order valence-electron chi connectivity index (χ4n) is 1.53. The third kappa shape index (κ3) is 2.75. The number of rotatable bonds is 3. The maximum Gasteiger partial charge on any atom is 0.257 e. The van der Waals surface area contributed by atoms with E-state index in [4.69, 9.17) is 5.73 Å². The number of nitrogens with zero attached hydrogens (tertiary/aromatic N) is 6. The minimum absolute atomic E-state index is 0.153. The molecule has 1 aromatic carbocycles. The minimum Gasteiger partial charge on any atom is -0.368 e. The van der Waals surface area contributed by atoms with Crippen LogP contribution < -0.4 is 5.73 Å². The highest BCUT2D eigenvalue weighted by atomic mass is 32.2. The Bertz CT molecular complexity index is 709. The normalized spacial score (nSPS) is 10.7. The van der Waals surface area contributed by atoms with Gasteiger partial charge >= 0.3 is 0 Å². The molecule has 0 fully saturated rings. The van der Waals surface area contributed by atoms with Gasteiger partial charge in [-0.2, -0.15) is 24.7 Å². The number of hydrogen-bond donors (Lipinski definition) is 1. The van der Waals surface area contributed by atoms with Crippen LogP contribution in [0.15, 0.2) is 47.0 Å². The van der Waals surface area contributed by atoms with E-state index in [-0.39, 0.29) is 5.95 Å². The second-order valence-corrected chi connectivity index (χ2v) is 5.07. The lowest BCUT2D eigenvalue weighted by Gasteiger charge is -2.04. The summed E-state index contributed by atoms with van der Waals surface area (Å²) in [7, 11) is 0. The predicted molar refractivity (Wildman–Crippen MR) is 74.5 cm³/mol. The van der Waals surface area contributed by atoms with Gasteiger partial charge in [0.15, 0.2) is 5.16 Å². The Morgan fingerprint density at radius 1 is 1.10 bits per heavy atom. The molecule has 20 heavy (non-hydrogen) atoms. The molecule has 0 saturated heterocycles. The number of aromatic nitrogens is 6. The quantitative estimate of drug-likeness (QED) is 0.778. The molecule has 3 aromatic rings. The molecule has 0 radical (unpaired) electrons. The van der Waals surface area contributed by atoms with Crippen LogP contribution in [0.5, 0.6) is 0 Å². The van der Waals surface area contributed by atoms with E-state index >= 15 is 0 Å². The molecule has 8 heteroatoms.